The highest BCUT2D eigenvalue weighted by Crippen LogP contribution is 2.32. The minimum absolute atomic E-state index is 0.0350. The largest absolute Gasteiger partial charge is 0.456 e. The lowest BCUT2D eigenvalue weighted by atomic mass is 9.79. The van der Waals surface area contributed by atoms with Crippen LogP contribution in [0.5, 0.6) is 11.5 Å². The van der Waals surface area contributed by atoms with E-state index in [0.717, 1.165) is 13.1 Å². The second-order valence-electron chi connectivity index (χ2n) is 7.23. The highest BCUT2D eigenvalue weighted by molar-refractivity contribution is 5.94. The van der Waals surface area contributed by atoms with E-state index in [1.807, 2.05) is 6.07 Å². The van der Waals surface area contributed by atoms with Crippen molar-refractivity contribution in [1.82, 2.24) is 15.2 Å². The third kappa shape index (κ3) is 3.64. The lowest BCUT2D eigenvalue weighted by Crippen LogP contribution is -2.62. The topological polar surface area (TPSA) is 78.2 Å². The fourth-order valence-electron chi connectivity index (χ4n) is 4.10. The molecule has 6 heteroatoms. The number of benzene rings is 1. The Kier molecular flexibility index (Phi) is 4.78. The summed E-state index contributed by atoms with van der Waals surface area (Å²) >= 11 is 0. The van der Waals surface area contributed by atoms with Crippen molar-refractivity contribution in [2.75, 3.05) is 13.1 Å². The van der Waals surface area contributed by atoms with E-state index in [-0.39, 0.29) is 11.9 Å². The van der Waals surface area contributed by atoms with E-state index in [0.29, 0.717) is 34.7 Å². The molecule has 1 aromatic carbocycles. The molecule has 2 bridgehead atoms. The first kappa shape index (κ1) is 17.5. The number of carbonyl (C=O) groups excluding carboxylic acids is 1. The van der Waals surface area contributed by atoms with Gasteiger partial charge < -0.3 is 10.1 Å². The van der Waals surface area contributed by atoms with Crippen molar-refractivity contribution in [3.63, 3.8) is 0 Å². The van der Waals surface area contributed by atoms with Crippen LogP contribution in [0.15, 0.2) is 42.6 Å². The normalized spacial score (nSPS) is 26.2. The summed E-state index contributed by atoms with van der Waals surface area (Å²) in [6, 6.07) is 13.0. The summed E-state index contributed by atoms with van der Waals surface area (Å²) in [6.07, 6.45) is 3.84. The van der Waals surface area contributed by atoms with Crippen LogP contribution >= 0.6 is 0 Å². The highest BCUT2D eigenvalue weighted by atomic mass is 16.5. The zero-order valence-electron chi connectivity index (χ0n) is 15.3. The first-order valence-electron chi connectivity index (χ1n) is 9.33. The summed E-state index contributed by atoms with van der Waals surface area (Å²) in [5.74, 6) is 1.72. The third-order valence-electron chi connectivity index (χ3n) is 5.68. The molecular weight excluding hydrogens is 340 g/mol. The van der Waals surface area contributed by atoms with Crippen LogP contribution < -0.4 is 10.1 Å². The Balaban J connectivity index is 1.39. The summed E-state index contributed by atoms with van der Waals surface area (Å²) in [6.45, 7) is 4.50. The van der Waals surface area contributed by atoms with Crippen LogP contribution in [0, 0.1) is 17.2 Å². The fourth-order valence-corrected chi connectivity index (χ4v) is 4.10. The van der Waals surface area contributed by atoms with Crippen molar-refractivity contribution in [2.24, 2.45) is 5.92 Å². The number of piperidine rings is 3. The molecular formula is C21H22N4O2. The number of aromatic nitrogens is 1. The standard InChI is InChI=1S/C21H22N4O2/c1-14-20(15-8-10-25(14)11-9-15)24-21(26)16-2-5-18(6-3-16)27-19-7-4-17(12-22)23-13-19/h2-7,13-15,20H,8-11H2,1H3,(H,24,26)/t14-,20-/m0/s1. The van der Waals surface area contributed by atoms with Crippen LogP contribution in [-0.4, -0.2) is 41.0 Å². The van der Waals surface area contributed by atoms with E-state index in [1.165, 1.54) is 19.0 Å². The Hall–Kier alpha value is -2.91. The van der Waals surface area contributed by atoms with Gasteiger partial charge in [0, 0.05) is 17.6 Å². The minimum atomic E-state index is -0.0350. The van der Waals surface area contributed by atoms with E-state index in [1.54, 1.807) is 36.4 Å². The van der Waals surface area contributed by atoms with Gasteiger partial charge in [0.1, 0.15) is 23.3 Å². The summed E-state index contributed by atoms with van der Waals surface area (Å²) in [5.41, 5.74) is 0.972. The molecule has 3 fully saturated rings. The van der Waals surface area contributed by atoms with Crippen molar-refractivity contribution in [2.45, 2.75) is 31.8 Å². The van der Waals surface area contributed by atoms with Crippen LogP contribution in [-0.2, 0) is 0 Å². The highest BCUT2D eigenvalue weighted by Gasteiger charge is 2.40. The van der Waals surface area contributed by atoms with Crippen LogP contribution in [0.2, 0.25) is 0 Å². The number of rotatable bonds is 4. The van der Waals surface area contributed by atoms with Gasteiger partial charge in [0.25, 0.3) is 5.91 Å². The van der Waals surface area contributed by atoms with Gasteiger partial charge >= 0.3 is 0 Å². The molecule has 1 amide bonds. The molecule has 4 heterocycles. The van der Waals surface area contributed by atoms with Gasteiger partial charge in [0.05, 0.1) is 6.20 Å². The quantitative estimate of drug-likeness (QED) is 0.905. The molecule has 0 aliphatic carbocycles. The van der Waals surface area contributed by atoms with Crippen LogP contribution in [0.3, 0.4) is 0 Å². The number of ether oxygens (including phenoxy) is 1. The van der Waals surface area contributed by atoms with Crippen LogP contribution in [0.4, 0.5) is 0 Å². The number of nitrogens with zero attached hydrogens (tertiary/aromatic N) is 3. The second-order valence-corrected chi connectivity index (χ2v) is 7.23. The van der Waals surface area contributed by atoms with Crippen LogP contribution in [0.1, 0.15) is 35.8 Å². The maximum Gasteiger partial charge on any atom is 0.251 e. The molecule has 0 unspecified atom stereocenters. The average Bonchev–Trinajstić information content (AvgIpc) is 2.72. The molecule has 0 radical (unpaired) electrons. The molecule has 2 aromatic rings. The molecule has 5 rings (SSSR count). The van der Waals surface area contributed by atoms with Crippen molar-refractivity contribution in [3.8, 4) is 17.6 Å². The number of hydrogen-bond donors (Lipinski definition) is 1. The van der Waals surface area contributed by atoms with Gasteiger partial charge in [-0.1, -0.05) is 0 Å². The molecule has 3 aliphatic heterocycles. The zero-order valence-corrected chi connectivity index (χ0v) is 15.3. The van der Waals surface area contributed by atoms with E-state index in [9.17, 15) is 4.79 Å². The number of fused-ring (bicyclic) bond motifs is 3. The second kappa shape index (κ2) is 7.37. The lowest BCUT2D eigenvalue weighted by molar-refractivity contribution is 0.0217. The third-order valence-corrected chi connectivity index (χ3v) is 5.68. The van der Waals surface area contributed by atoms with Gasteiger partial charge in [-0.05, 0) is 75.2 Å². The molecule has 27 heavy (non-hydrogen) atoms. The number of carbonyl (C=O) groups is 1. The van der Waals surface area contributed by atoms with Crippen molar-refractivity contribution in [3.05, 3.63) is 53.9 Å². The van der Waals surface area contributed by atoms with Gasteiger partial charge in [0.2, 0.25) is 0 Å². The van der Waals surface area contributed by atoms with Gasteiger partial charge in [0.15, 0.2) is 0 Å². The molecule has 1 aromatic heterocycles. The average molecular weight is 362 g/mol. The van der Waals surface area contributed by atoms with E-state index in [2.05, 4.69) is 22.1 Å². The summed E-state index contributed by atoms with van der Waals surface area (Å²) in [5, 5.41) is 12.0. The number of hydrogen-bond acceptors (Lipinski definition) is 5. The van der Waals surface area contributed by atoms with Gasteiger partial charge in [-0.2, -0.15) is 5.26 Å². The van der Waals surface area contributed by atoms with Gasteiger partial charge in [-0.15, -0.1) is 0 Å². The van der Waals surface area contributed by atoms with Crippen LogP contribution in [0.25, 0.3) is 0 Å². The number of pyridine rings is 1. The molecule has 3 aliphatic rings. The van der Waals surface area contributed by atoms with E-state index >= 15 is 0 Å². The lowest BCUT2D eigenvalue weighted by Gasteiger charge is -2.49. The summed E-state index contributed by atoms with van der Waals surface area (Å²) in [4.78, 5) is 19.1. The monoisotopic (exact) mass is 362 g/mol. The van der Waals surface area contributed by atoms with Gasteiger partial charge in [-0.25, -0.2) is 4.98 Å². The predicted molar refractivity (Wildman–Crippen MR) is 100 cm³/mol. The molecule has 0 saturated carbocycles. The molecule has 0 spiro atoms. The van der Waals surface area contributed by atoms with Crippen molar-refractivity contribution < 1.29 is 9.53 Å². The first-order valence-corrected chi connectivity index (χ1v) is 9.33. The molecule has 2 atom stereocenters. The van der Waals surface area contributed by atoms with Gasteiger partial charge in [-0.3, -0.25) is 9.69 Å². The first-order chi connectivity index (χ1) is 13.1. The molecule has 6 nitrogen and oxygen atoms in total. The maximum atomic E-state index is 12.7. The number of amides is 1. The fraction of sp³-hybridized carbons (Fsp3) is 0.381. The van der Waals surface area contributed by atoms with Crippen molar-refractivity contribution in [1.29, 1.82) is 5.26 Å². The summed E-state index contributed by atoms with van der Waals surface area (Å²) < 4.78 is 5.71. The maximum absolute atomic E-state index is 12.7. The Morgan fingerprint density at radius 3 is 2.48 bits per heavy atom. The molecule has 1 N–H and O–H groups in total. The zero-order chi connectivity index (χ0) is 18.8. The van der Waals surface area contributed by atoms with E-state index in [4.69, 9.17) is 10.00 Å². The Morgan fingerprint density at radius 2 is 1.89 bits per heavy atom. The SMILES string of the molecule is C[C@H]1[C@H](NC(=O)c2ccc(Oc3ccc(C#N)nc3)cc2)C2CCN1CC2. The molecule has 138 valence electrons. The molecule has 3 saturated heterocycles. The van der Waals surface area contributed by atoms with Crippen molar-refractivity contribution >= 4 is 5.91 Å². The van der Waals surface area contributed by atoms with E-state index < -0.39 is 0 Å². The number of nitrogens with one attached hydrogen (secondary N) is 1. The Bertz CT molecular complexity index is 847. The minimum Gasteiger partial charge on any atom is -0.456 e. The Morgan fingerprint density at radius 1 is 1.19 bits per heavy atom. The number of nitriles is 1. The predicted octanol–water partition coefficient (Wildman–Crippen LogP) is 2.96. The summed E-state index contributed by atoms with van der Waals surface area (Å²) in [7, 11) is 0. The Labute approximate surface area is 158 Å². The smallest absolute Gasteiger partial charge is 0.251 e.